The van der Waals surface area contributed by atoms with Crippen LogP contribution in [0.3, 0.4) is 0 Å². The Hall–Kier alpha value is -0.520. The Morgan fingerprint density at radius 1 is 1.50 bits per heavy atom. The van der Waals surface area contributed by atoms with Crippen LogP contribution in [0.25, 0.3) is 0 Å². The van der Waals surface area contributed by atoms with Gasteiger partial charge in [0.05, 0.1) is 0 Å². The monoisotopic (exact) mass is 160 g/mol. The molecular formula is C12H16. The van der Waals surface area contributed by atoms with Gasteiger partial charge < -0.3 is 0 Å². The molecule has 2 saturated carbocycles. The lowest BCUT2D eigenvalue weighted by atomic mass is 9.87. The standard InChI is InChI=1S/C12H16/c1-6(2)9-4-8-5-10(8)12-7(3)11(9)12/h7-9,11H,1,4-5H2,2-3H3. The maximum Gasteiger partial charge on any atom is -0.00687 e. The summed E-state index contributed by atoms with van der Waals surface area (Å²) in [6, 6.07) is 0. The Labute approximate surface area is 74.4 Å². The van der Waals surface area contributed by atoms with Gasteiger partial charge in [0, 0.05) is 0 Å². The molecule has 0 aromatic carbocycles. The predicted octanol–water partition coefficient (Wildman–Crippen LogP) is 3.16. The average molecular weight is 160 g/mol. The van der Waals surface area contributed by atoms with Crippen LogP contribution in [0.5, 0.6) is 0 Å². The van der Waals surface area contributed by atoms with E-state index in [0.717, 1.165) is 23.7 Å². The lowest BCUT2D eigenvalue weighted by Crippen LogP contribution is -2.08. The second-order valence-corrected chi connectivity index (χ2v) is 4.88. The minimum atomic E-state index is 0.839. The van der Waals surface area contributed by atoms with E-state index in [4.69, 9.17) is 0 Å². The molecule has 64 valence electrons. The third-order valence-corrected chi connectivity index (χ3v) is 4.05. The Balaban J connectivity index is 1.96. The van der Waals surface area contributed by atoms with Crippen LogP contribution < -0.4 is 0 Å². The van der Waals surface area contributed by atoms with Gasteiger partial charge in [-0.1, -0.05) is 30.2 Å². The highest BCUT2D eigenvalue weighted by Crippen LogP contribution is 2.66. The maximum atomic E-state index is 4.12. The van der Waals surface area contributed by atoms with Gasteiger partial charge in [0.1, 0.15) is 0 Å². The number of hydrogen-bond donors (Lipinski definition) is 0. The Morgan fingerprint density at radius 3 is 2.92 bits per heavy atom. The summed E-state index contributed by atoms with van der Waals surface area (Å²) in [5, 5.41) is 0. The van der Waals surface area contributed by atoms with Crippen molar-refractivity contribution in [1.82, 2.24) is 0 Å². The van der Waals surface area contributed by atoms with Crippen LogP contribution in [0.4, 0.5) is 0 Å². The molecule has 4 unspecified atom stereocenters. The molecule has 0 aliphatic heterocycles. The SMILES string of the molecule is C=C(C)C1CC2CC2=C2C(C)C21. The van der Waals surface area contributed by atoms with Gasteiger partial charge in [0.15, 0.2) is 0 Å². The highest BCUT2D eigenvalue weighted by molar-refractivity contribution is 5.47. The van der Waals surface area contributed by atoms with E-state index in [1.165, 1.54) is 18.4 Å². The van der Waals surface area contributed by atoms with Crippen LogP contribution in [0.2, 0.25) is 0 Å². The Morgan fingerprint density at radius 2 is 2.25 bits per heavy atom. The van der Waals surface area contributed by atoms with Crippen molar-refractivity contribution >= 4 is 0 Å². The van der Waals surface area contributed by atoms with Gasteiger partial charge in [-0.2, -0.15) is 0 Å². The fourth-order valence-electron chi connectivity index (χ4n) is 3.24. The van der Waals surface area contributed by atoms with Crippen LogP contribution in [0.15, 0.2) is 23.3 Å². The van der Waals surface area contributed by atoms with Crippen LogP contribution in [-0.2, 0) is 0 Å². The molecule has 0 bridgehead atoms. The first-order valence-electron chi connectivity index (χ1n) is 5.08. The smallest absolute Gasteiger partial charge is 0.00687 e. The van der Waals surface area contributed by atoms with Gasteiger partial charge in [-0.3, -0.25) is 0 Å². The molecule has 4 atom stereocenters. The largest absolute Gasteiger partial charge is 0.0998 e. The first-order chi connectivity index (χ1) is 5.70. The predicted molar refractivity (Wildman–Crippen MR) is 50.7 cm³/mol. The zero-order chi connectivity index (χ0) is 8.46. The summed E-state index contributed by atoms with van der Waals surface area (Å²) in [5.41, 5.74) is 5.09. The van der Waals surface area contributed by atoms with Gasteiger partial charge >= 0.3 is 0 Å². The molecule has 0 heteroatoms. The van der Waals surface area contributed by atoms with Crippen molar-refractivity contribution in [2.75, 3.05) is 0 Å². The normalized spacial score (nSPS) is 48.2. The minimum Gasteiger partial charge on any atom is -0.0998 e. The van der Waals surface area contributed by atoms with E-state index in [1.807, 2.05) is 11.1 Å². The second kappa shape index (κ2) is 1.86. The quantitative estimate of drug-likeness (QED) is 0.517. The van der Waals surface area contributed by atoms with Crippen molar-refractivity contribution in [3.8, 4) is 0 Å². The first-order valence-corrected chi connectivity index (χ1v) is 5.08. The molecule has 3 aliphatic carbocycles. The fourth-order valence-corrected chi connectivity index (χ4v) is 3.24. The van der Waals surface area contributed by atoms with E-state index in [1.54, 1.807) is 0 Å². The summed E-state index contributed by atoms with van der Waals surface area (Å²) in [4.78, 5) is 0. The van der Waals surface area contributed by atoms with Crippen molar-refractivity contribution in [3.05, 3.63) is 23.3 Å². The Bertz CT molecular complexity index is 295. The van der Waals surface area contributed by atoms with E-state index in [-0.39, 0.29) is 0 Å². The summed E-state index contributed by atoms with van der Waals surface area (Å²) in [5.74, 6) is 3.67. The van der Waals surface area contributed by atoms with Gasteiger partial charge in [0.2, 0.25) is 0 Å². The highest BCUT2D eigenvalue weighted by Gasteiger charge is 2.56. The molecule has 0 spiro atoms. The zero-order valence-corrected chi connectivity index (χ0v) is 7.93. The van der Waals surface area contributed by atoms with E-state index in [0.29, 0.717) is 0 Å². The molecule has 2 fully saturated rings. The van der Waals surface area contributed by atoms with Gasteiger partial charge in [-0.25, -0.2) is 0 Å². The van der Waals surface area contributed by atoms with E-state index in [2.05, 4.69) is 20.4 Å². The molecule has 3 aliphatic rings. The van der Waals surface area contributed by atoms with Crippen molar-refractivity contribution < 1.29 is 0 Å². The molecule has 0 aromatic rings. The summed E-state index contributed by atoms with van der Waals surface area (Å²) < 4.78 is 0. The summed E-state index contributed by atoms with van der Waals surface area (Å²) in [7, 11) is 0. The van der Waals surface area contributed by atoms with E-state index >= 15 is 0 Å². The molecule has 12 heavy (non-hydrogen) atoms. The molecule has 0 N–H and O–H groups in total. The van der Waals surface area contributed by atoms with Crippen LogP contribution in [0, 0.1) is 23.7 Å². The molecular weight excluding hydrogens is 144 g/mol. The van der Waals surface area contributed by atoms with Crippen LogP contribution in [0.1, 0.15) is 26.7 Å². The van der Waals surface area contributed by atoms with Crippen molar-refractivity contribution in [1.29, 1.82) is 0 Å². The summed E-state index contributed by atoms with van der Waals surface area (Å²) in [6.45, 7) is 8.72. The molecule has 0 heterocycles. The number of fused-ring (bicyclic) bond motifs is 2. The second-order valence-electron chi connectivity index (χ2n) is 4.88. The molecule has 3 rings (SSSR count). The summed E-state index contributed by atoms with van der Waals surface area (Å²) >= 11 is 0. The van der Waals surface area contributed by atoms with Gasteiger partial charge in [0.25, 0.3) is 0 Å². The minimum absolute atomic E-state index is 0.839. The van der Waals surface area contributed by atoms with Crippen molar-refractivity contribution in [2.45, 2.75) is 26.7 Å². The first kappa shape index (κ1) is 6.94. The van der Waals surface area contributed by atoms with Gasteiger partial charge in [-0.15, -0.1) is 0 Å². The lowest BCUT2D eigenvalue weighted by molar-refractivity contribution is 0.454. The third-order valence-electron chi connectivity index (χ3n) is 4.05. The third kappa shape index (κ3) is 0.688. The highest BCUT2D eigenvalue weighted by atomic mass is 14.6. The zero-order valence-electron chi connectivity index (χ0n) is 7.93. The molecule has 0 radical (unpaired) electrons. The topological polar surface area (TPSA) is 0 Å². The Kier molecular flexibility index (Phi) is 1.08. The van der Waals surface area contributed by atoms with Crippen LogP contribution >= 0.6 is 0 Å². The molecule has 0 saturated heterocycles. The number of hydrogen-bond acceptors (Lipinski definition) is 0. The van der Waals surface area contributed by atoms with E-state index < -0.39 is 0 Å². The van der Waals surface area contributed by atoms with Gasteiger partial charge in [-0.05, 0) is 43.4 Å². The molecule has 0 amide bonds. The average Bonchev–Trinajstić information content (AvgIpc) is 2.83. The van der Waals surface area contributed by atoms with E-state index in [9.17, 15) is 0 Å². The lowest BCUT2D eigenvalue weighted by Gasteiger charge is -2.17. The van der Waals surface area contributed by atoms with Crippen molar-refractivity contribution in [3.63, 3.8) is 0 Å². The van der Waals surface area contributed by atoms with Crippen LogP contribution in [-0.4, -0.2) is 0 Å². The van der Waals surface area contributed by atoms with Crippen molar-refractivity contribution in [2.24, 2.45) is 23.7 Å². The maximum absolute atomic E-state index is 4.12. The fraction of sp³-hybridized carbons (Fsp3) is 0.667. The molecule has 0 nitrogen and oxygen atoms in total. The number of rotatable bonds is 1. The molecule has 0 aromatic heterocycles. The number of allylic oxidation sites excluding steroid dienone is 3. The summed E-state index contributed by atoms with van der Waals surface area (Å²) in [6.07, 6.45) is 2.85.